The average molecular weight is 273 g/mol. The molecule has 0 saturated carbocycles. The molecule has 3 nitrogen and oxygen atoms in total. The molecule has 1 saturated heterocycles. The fourth-order valence-electron chi connectivity index (χ4n) is 3.80. The molecule has 0 radical (unpaired) electrons. The fourth-order valence-corrected chi connectivity index (χ4v) is 3.80. The van der Waals surface area contributed by atoms with Crippen molar-refractivity contribution in [2.75, 3.05) is 19.6 Å². The Morgan fingerprint density at radius 1 is 1.35 bits per heavy atom. The summed E-state index contributed by atoms with van der Waals surface area (Å²) in [5.74, 6) is 1.55. The van der Waals surface area contributed by atoms with Gasteiger partial charge in [0.1, 0.15) is 0 Å². The molecular formula is C17H27N3. The smallest absolute Gasteiger partial charge is 0.0522 e. The molecule has 0 amide bonds. The third-order valence-electron chi connectivity index (χ3n) is 4.94. The Hall–Kier alpha value is -1.09. The van der Waals surface area contributed by atoms with Crippen molar-refractivity contribution in [2.45, 2.75) is 51.4 Å². The van der Waals surface area contributed by atoms with E-state index >= 15 is 0 Å². The van der Waals surface area contributed by atoms with Gasteiger partial charge in [-0.3, -0.25) is 5.10 Å². The van der Waals surface area contributed by atoms with E-state index < -0.39 is 0 Å². The number of H-pyrrole nitrogens is 1. The van der Waals surface area contributed by atoms with Gasteiger partial charge in [0.2, 0.25) is 0 Å². The normalized spacial score (nSPS) is 27.9. The predicted molar refractivity (Wildman–Crippen MR) is 82.9 cm³/mol. The molecule has 0 bridgehead atoms. The molecule has 1 aromatic rings. The Morgan fingerprint density at radius 3 is 3.10 bits per heavy atom. The van der Waals surface area contributed by atoms with Gasteiger partial charge < -0.3 is 4.90 Å². The highest BCUT2D eigenvalue weighted by molar-refractivity contribution is 5.21. The molecule has 1 fully saturated rings. The zero-order chi connectivity index (χ0) is 13.8. The number of allylic oxidation sites excluding steroid dienone is 2. The lowest BCUT2D eigenvalue weighted by molar-refractivity contribution is 0.172. The Bertz CT molecular complexity index is 449. The zero-order valence-corrected chi connectivity index (χ0v) is 12.6. The van der Waals surface area contributed by atoms with Gasteiger partial charge in [-0.05, 0) is 56.6 Å². The molecule has 0 unspecified atom stereocenters. The molecule has 20 heavy (non-hydrogen) atoms. The minimum atomic E-state index is 0.667. The summed E-state index contributed by atoms with van der Waals surface area (Å²) in [5.41, 5.74) is 2.82. The summed E-state index contributed by atoms with van der Waals surface area (Å²) in [7, 11) is 0. The Morgan fingerprint density at radius 2 is 2.30 bits per heavy atom. The van der Waals surface area contributed by atoms with Crippen LogP contribution in [0.1, 0.15) is 56.2 Å². The third-order valence-corrected chi connectivity index (χ3v) is 4.94. The summed E-state index contributed by atoms with van der Waals surface area (Å²) in [4.78, 5) is 2.69. The van der Waals surface area contributed by atoms with E-state index in [1.807, 2.05) is 6.20 Å². The van der Waals surface area contributed by atoms with Crippen molar-refractivity contribution in [3.8, 4) is 0 Å². The first-order valence-corrected chi connectivity index (χ1v) is 8.26. The second-order valence-electron chi connectivity index (χ2n) is 6.41. The molecule has 0 spiro atoms. The van der Waals surface area contributed by atoms with E-state index in [-0.39, 0.29) is 0 Å². The van der Waals surface area contributed by atoms with Gasteiger partial charge in [0, 0.05) is 24.7 Å². The molecule has 1 N–H and O–H groups in total. The first-order chi connectivity index (χ1) is 9.86. The number of nitrogens with one attached hydrogen (secondary N) is 1. The van der Waals surface area contributed by atoms with Crippen LogP contribution in [0.15, 0.2) is 18.3 Å². The highest BCUT2D eigenvalue weighted by Gasteiger charge is 2.25. The van der Waals surface area contributed by atoms with E-state index in [1.54, 1.807) is 0 Å². The van der Waals surface area contributed by atoms with Crippen molar-refractivity contribution in [3.63, 3.8) is 0 Å². The first-order valence-electron chi connectivity index (χ1n) is 8.26. The van der Waals surface area contributed by atoms with Crippen LogP contribution >= 0.6 is 0 Å². The number of hydrogen-bond acceptors (Lipinski definition) is 2. The number of aryl methyl sites for hydroxylation is 1. The van der Waals surface area contributed by atoms with E-state index in [9.17, 15) is 0 Å². The first kappa shape index (κ1) is 13.9. The van der Waals surface area contributed by atoms with Gasteiger partial charge in [0.25, 0.3) is 0 Å². The molecule has 3 heteroatoms. The maximum atomic E-state index is 4.26. The van der Waals surface area contributed by atoms with Gasteiger partial charge >= 0.3 is 0 Å². The summed E-state index contributed by atoms with van der Waals surface area (Å²) in [6.45, 7) is 6.02. The molecule has 110 valence electrons. The van der Waals surface area contributed by atoms with Crippen molar-refractivity contribution in [3.05, 3.63) is 29.6 Å². The quantitative estimate of drug-likeness (QED) is 0.851. The molecule has 3 rings (SSSR count). The largest absolute Gasteiger partial charge is 0.302 e. The number of rotatable bonds is 4. The van der Waals surface area contributed by atoms with E-state index in [2.05, 4.69) is 34.2 Å². The molecule has 1 aliphatic carbocycles. The maximum absolute atomic E-state index is 4.26. The van der Waals surface area contributed by atoms with Gasteiger partial charge in [0.05, 0.1) is 6.20 Å². The van der Waals surface area contributed by atoms with E-state index in [0.717, 1.165) is 12.3 Å². The van der Waals surface area contributed by atoms with Crippen molar-refractivity contribution in [1.29, 1.82) is 0 Å². The summed E-state index contributed by atoms with van der Waals surface area (Å²) in [6, 6.07) is 0. The number of nitrogens with zero attached hydrogens (tertiary/aromatic N) is 2. The van der Waals surface area contributed by atoms with Crippen LogP contribution in [-0.4, -0.2) is 34.7 Å². The van der Waals surface area contributed by atoms with Crippen LogP contribution in [0.5, 0.6) is 0 Å². The van der Waals surface area contributed by atoms with E-state index in [4.69, 9.17) is 0 Å². The Kier molecular flexibility index (Phi) is 4.56. The van der Waals surface area contributed by atoms with Crippen molar-refractivity contribution < 1.29 is 0 Å². The fraction of sp³-hybridized carbons (Fsp3) is 0.706. The summed E-state index contributed by atoms with van der Waals surface area (Å²) in [5, 5.41) is 7.52. The Labute approximate surface area is 122 Å². The lowest BCUT2D eigenvalue weighted by Gasteiger charge is -2.35. The van der Waals surface area contributed by atoms with Crippen molar-refractivity contribution >= 4 is 0 Å². The molecule has 2 heterocycles. The van der Waals surface area contributed by atoms with Gasteiger partial charge in [-0.2, -0.15) is 5.10 Å². The van der Waals surface area contributed by atoms with Crippen molar-refractivity contribution in [2.24, 2.45) is 5.92 Å². The molecule has 2 atom stereocenters. The average Bonchev–Trinajstić information content (AvgIpc) is 2.97. The van der Waals surface area contributed by atoms with E-state index in [0.29, 0.717) is 5.92 Å². The Balaban J connectivity index is 1.60. The molecule has 0 aromatic carbocycles. The van der Waals surface area contributed by atoms with Crippen LogP contribution in [0.2, 0.25) is 0 Å². The lowest BCUT2D eigenvalue weighted by Crippen LogP contribution is -2.38. The second kappa shape index (κ2) is 6.57. The SMILES string of the molecule is CCc1cn[nH]c1[C@H]1CCCN(C[C@H]2CC=CCC2)C1. The number of aromatic amines is 1. The molecule has 2 aliphatic rings. The van der Waals surface area contributed by atoms with Gasteiger partial charge in [-0.15, -0.1) is 0 Å². The topological polar surface area (TPSA) is 31.9 Å². The van der Waals surface area contributed by atoms with Crippen molar-refractivity contribution in [1.82, 2.24) is 15.1 Å². The molecule has 1 aromatic heterocycles. The summed E-state index contributed by atoms with van der Waals surface area (Å²) >= 11 is 0. The number of likely N-dealkylation sites (tertiary alicyclic amines) is 1. The maximum Gasteiger partial charge on any atom is 0.0522 e. The number of piperidine rings is 1. The zero-order valence-electron chi connectivity index (χ0n) is 12.6. The van der Waals surface area contributed by atoms with Crippen LogP contribution in [0.25, 0.3) is 0 Å². The highest BCUT2D eigenvalue weighted by Crippen LogP contribution is 2.29. The summed E-state index contributed by atoms with van der Waals surface area (Å²) < 4.78 is 0. The minimum absolute atomic E-state index is 0.667. The third kappa shape index (κ3) is 3.14. The van der Waals surface area contributed by atoms with Gasteiger partial charge in [-0.1, -0.05) is 19.1 Å². The monoisotopic (exact) mass is 273 g/mol. The molecule has 1 aliphatic heterocycles. The minimum Gasteiger partial charge on any atom is -0.302 e. The van der Waals surface area contributed by atoms with Gasteiger partial charge in [-0.25, -0.2) is 0 Å². The number of aromatic nitrogens is 2. The molecular weight excluding hydrogens is 246 g/mol. The van der Waals surface area contributed by atoms with Crippen LogP contribution in [-0.2, 0) is 6.42 Å². The standard InChI is InChI=1S/C17H27N3/c1-2-15-11-18-19-17(15)16-9-6-10-20(13-16)12-14-7-4-3-5-8-14/h3-4,11,14,16H,2,5-10,12-13H2,1H3,(H,18,19)/t14-,16-/m0/s1. The lowest BCUT2D eigenvalue weighted by atomic mass is 9.89. The van der Waals surface area contributed by atoms with Crippen LogP contribution in [0.3, 0.4) is 0 Å². The number of hydrogen-bond donors (Lipinski definition) is 1. The second-order valence-corrected chi connectivity index (χ2v) is 6.41. The highest BCUT2D eigenvalue weighted by atomic mass is 15.2. The van der Waals surface area contributed by atoms with Crippen LogP contribution < -0.4 is 0 Å². The predicted octanol–water partition coefficient (Wildman–Crippen LogP) is 3.51. The van der Waals surface area contributed by atoms with Crippen LogP contribution in [0.4, 0.5) is 0 Å². The van der Waals surface area contributed by atoms with E-state index in [1.165, 1.54) is 63.0 Å². The van der Waals surface area contributed by atoms with Crippen LogP contribution in [0, 0.1) is 5.92 Å². The summed E-state index contributed by atoms with van der Waals surface area (Å²) in [6.07, 6.45) is 14.4. The van der Waals surface area contributed by atoms with Gasteiger partial charge in [0.15, 0.2) is 0 Å².